The van der Waals surface area contributed by atoms with Crippen LogP contribution in [-0.2, 0) is 19.3 Å². The van der Waals surface area contributed by atoms with Crippen molar-refractivity contribution in [3.63, 3.8) is 0 Å². The number of fused-ring (bicyclic) bond motifs is 3. The number of hydrogen-bond acceptors (Lipinski definition) is 10. The highest BCUT2D eigenvalue weighted by molar-refractivity contribution is 7.23. The van der Waals surface area contributed by atoms with Gasteiger partial charge in [-0.1, -0.05) is 43.6 Å². The summed E-state index contributed by atoms with van der Waals surface area (Å²) in [4.78, 5) is 23.9. The van der Waals surface area contributed by atoms with Crippen molar-refractivity contribution in [1.82, 2.24) is 20.2 Å². The van der Waals surface area contributed by atoms with Crippen LogP contribution in [0.5, 0.6) is 11.5 Å². The number of ether oxygens (including phenoxy) is 2. The molecule has 0 saturated carbocycles. The van der Waals surface area contributed by atoms with Crippen LogP contribution in [0.4, 0.5) is 14.6 Å². The highest BCUT2D eigenvalue weighted by Crippen LogP contribution is 2.50. The zero-order chi connectivity index (χ0) is 37.2. The number of anilines is 1. The van der Waals surface area contributed by atoms with E-state index in [0.29, 0.717) is 85.1 Å². The third-order valence-corrected chi connectivity index (χ3v) is 11.1. The van der Waals surface area contributed by atoms with E-state index in [0.717, 1.165) is 10.9 Å². The first-order chi connectivity index (χ1) is 25.4. The van der Waals surface area contributed by atoms with Crippen LogP contribution < -0.4 is 20.5 Å². The van der Waals surface area contributed by atoms with E-state index in [2.05, 4.69) is 20.5 Å². The Bertz CT molecular complexity index is 2410. The Morgan fingerprint density at radius 3 is 2.70 bits per heavy atom. The molecule has 0 fully saturated rings. The molecule has 10 nitrogen and oxygen atoms in total. The van der Waals surface area contributed by atoms with Gasteiger partial charge in [0.15, 0.2) is 0 Å². The highest BCUT2D eigenvalue weighted by atomic mass is 35.5. The van der Waals surface area contributed by atoms with Gasteiger partial charge in [-0.2, -0.15) is 0 Å². The Morgan fingerprint density at radius 2 is 1.96 bits per heavy atom. The molecule has 14 heteroatoms. The molecule has 272 valence electrons. The molecule has 0 unspecified atom stereocenters. The minimum absolute atomic E-state index is 0.0892. The lowest BCUT2D eigenvalue weighted by atomic mass is 9.88. The number of alkyl halides is 2. The number of hydrogen-bond donors (Lipinski definition) is 2. The van der Waals surface area contributed by atoms with Crippen LogP contribution in [0.3, 0.4) is 0 Å². The summed E-state index contributed by atoms with van der Waals surface area (Å²) in [5.41, 5.74) is 10.5. The molecule has 0 spiro atoms. The van der Waals surface area contributed by atoms with Crippen molar-refractivity contribution in [1.29, 1.82) is 0 Å². The van der Waals surface area contributed by atoms with Crippen LogP contribution in [0.2, 0.25) is 5.02 Å². The second kappa shape index (κ2) is 13.4. The summed E-state index contributed by atoms with van der Waals surface area (Å²) in [7, 11) is 1.47. The van der Waals surface area contributed by atoms with Crippen molar-refractivity contribution < 1.29 is 27.5 Å². The minimum Gasteiger partial charge on any atom is -0.496 e. The third-order valence-electron chi connectivity index (χ3n) is 9.73. The zero-order valence-electron chi connectivity index (χ0n) is 29.3. The van der Waals surface area contributed by atoms with Crippen molar-refractivity contribution >= 4 is 44.7 Å². The molecule has 53 heavy (non-hydrogen) atoms. The maximum absolute atomic E-state index is 15.7. The summed E-state index contributed by atoms with van der Waals surface area (Å²) in [5.74, 6) is -1.82. The van der Waals surface area contributed by atoms with Gasteiger partial charge in [0, 0.05) is 58.5 Å². The lowest BCUT2D eigenvalue weighted by molar-refractivity contribution is -0.00734. The molecule has 6 aromatic rings. The molecule has 4 aromatic heterocycles. The molecule has 1 aliphatic carbocycles. The fourth-order valence-electron chi connectivity index (χ4n) is 7.47. The minimum atomic E-state index is -3.11. The Morgan fingerprint density at radius 1 is 1.13 bits per heavy atom. The van der Waals surface area contributed by atoms with Crippen molar-refractivity contribution in [3.8, 4) is 33.4 Å². The number of amides is 1. The third kappa shape index (κ3) is 6.25. The number of nitrogens with two attached hydrogens (primary N) is 1. The van der Waals surface area contributed by atoms with E-state index in [1.165, 1.54) is 18.4 Å². The topological polar surface area (TPSA) is 138 Å². The van der Waals surface area contributed by atoms with E-state index < -0.39 is 24.3 Å². The fraction of sp³-hybridized carbons (Fsp3) is 0.308. The number of pyridine rings is 2. The highest BCUT2D eigenvalue weighted by Gasteiger charge is 2.49. The van der Waals surface area contributed by atoms with Crippen molar-refractivity contribution in [2.24, 2.45) is 11.7 Å². The molecular weight excluding hydrogens is 722 g/mol. The van der Waals surface area contributed by atoms with Crippen LogP contribution in [-0.4, -0.2) is 45.7 Å². The maximum Gasteiger partial charge on any atom is 0.276 e. The van der Waals surface area contributed by atoms with Crippen LogP contribution in [0.15, 0.2) is 59.1 Å². The quantitative estimate of drug-likeness (QED) is 0.141. The van der Waals surface area contributed by atoms with Gasteiger partial charge in [0.25, 0.3) is 11.8 Å². The number of halogens is 3. The summed E-state index contributed by atoms with van der Waals surface area (Å²) in [6.45, 7) is 6.17. The van der Waals surface area contributed by atoms with E-state index in [9.17, 15) is 4.79 Å². The van der Waals surface area contributed by atoms with Gasteiger partial charge in [-0.3, -0.25) is 9.78 Å². The molecule has 0 radical (unpaired) electrons. The predicted molar refractivity (Wildman–Crippen MR) is 199 cm³/mol. The number of nitrogens with one attached hydrogen (secondary N) is 1. The summed E-state index contributed by atoms with van der Waals surface area (Å²) in [5, 5.41) is 12.9. The van der Waals surface area contributed by atoms with Gasteiger partial charge in [0.2, 0.25) is 11.8 Å². The SMILES string of the molecule is COc1cccc2c1CC(F)(F)[C@@H]2Nc1nccc2cc(-c3c(C(N)=O)c(CC(C)C)nc(C[C@H]4COc5cc(Cl)ccc54)c3-c3nnc(C)o3)sc12. The number of benzene rings is 2. The van der Waals surface area contributed by atoms with Crippen LogP contribution in [0.25, 0.3) is 32.0 Å². The number of thiophene rings is 1. The standard InChI is InChI=1S/C39H35ClF2N6O4S/c1-18(2)12-26-31(36(43)49)33(32(38-48-47-19(3)52-38)27(45-26)13-21-17-51-29-15-22(40)8-9-23(21)29)30-14-20-10-11-44-37(34(20)53-30)46-35-24-6-5-7-28(50-4)25(24)16-39(35,41)42/h5-11,14-15,18,21,35H,12-13,16-17H2,1-4H3,(H2,43,49)(H,44,46)/t21-,35+/m0/s1. The molecule has 8 rings (SSSR count). The van der Waals surface area contributed by atoms with Crippen LogP contribution in [0.1, 0.15) is 70.1 Å². The summed E-state index contributed by atoms with van der Waals surface area (Å²) >= 11 is 7.58. The fourth-order valence-corrected chi connectivity index (χ4v) is 8.80. The predicted octanol–water partition coefficient (Wildman–Crippen LogP) is 8.74. The average molecular weight is 757 g/mol. The molecule has 2 atom stereocenters. The molecule has 2 aromatic carbocycles. The molecule has 2 aliphatic rings. The van der Waals surface area contributed by atoms with E-state index in [4.69, 9.17) is 36.2 Å². The van der Waals surface area contributed by atoms with E-state index in [-0.39, 0.29) is 29.1 Å². The Kier molecular flexibility index (Phi) is 8.81. The smallest absolute Gasteiger partial charge is 0.276 e. The normalized spacial score (nSPS) is 17.2. The van der Waals surface area contributed by atoms with Gasteiger partial charge in [-0.15, -0.1) is 21.5 Å². The number of methoxy groups -OCH3 is 1. The number of carbonyl (C=O) groups excluding carboxylic acids is 1. The number of rotatable bonds is 10. The molecule has 3 N–H and O–H groups in total. The van der Waals surface area contributed by atoms with Crippen LogP contribution in [0, 0.1) is 12.8 Å². The van der Waals surface area contributed by atoms with Gasteiger partial charge in [-0.05, 0) is 53.6 Å². The molecular formula is C39H35ClF2N6O4S. The lowest BCUT2D eigenvalue weighted by Crippen LogP contribution is -2.28. The summed E-state index contributed by atoms with van der Waals surface area (Å²) in [6.07, 6.45) is 1.99. The van der Waals surface area contributed by atoms with Gasteiger partial charge in [0.1, 0.15) is 23.4 Å². The zero-order valence-corrected chi connectivity index (χ0v) is 30.9. The first-order valence-electron chi connectivity index (χ1n) is 17.2. The van der Waals surface area contributed by atoms with Gasteiger partial charge >= 0.3 is 0 Å². The largest absolute Gasteiger partial charge is 0.496 e. The molecule has 0 bridgehead atoms. The molecule has 1 aliphatic heterocycles. The first kappa shape index (κ1) is 34.9. The first-order valence-corrected chi connectivity index (χ1v) is 18.4. The van der Waals surface area contributed by atoms with Crippen molar-refractivity contribution in [3.05, 3.63) is 99.3 Å². The van der Waals surface area contributed by atoms with Gasteiger partial charge in [-0.25, -0.2) is 13.8 Å². The molecule has 0 saturated heterocycles. The number of nitrogens with zero attached hydrogens (tertiary/aromatic N) is 4. The van der Waals surface area contributed by atoms with Gasteiger partial charge < -0.3 is 24.9 Å². The average Bonchev–Trinajstić information content (AvgIpc) is 3.89. The van der Waals surface area contributed by atoms with Crippen LogP contribution >= 0.6 is 22.9 Å². The van der Waals surface area contributed by atoms with Crippen molar-refractivity contribution in [2.75, 3.05) is 19.0 Å². The molecule has 5 heterocycles. The number of aryl methyl sites for hydroxylation is 1. The van der Waals surface area contributed by atoms with E-state index in [1.54, 1.807) is 43.5 Å². The Hall–Kier alpha value is -5.14. The summed E-state index contributed by atoms with van der Waals surface area (Å²) < 4.78 is 49.5. The number of carbonyl (C=O) groups is 1. The Balaban J connectivity index is 1.32. The van der Waals surface area contributed by atoms with E-state index in [1.807, 2.05) is 32.0 Å². The van der Waals surface area contributed by atoms with Gasteiger partial charge in [0.05, 0.1) is 40.9 Å². The monoisotopic (exact) mass is 756 g/mol. The Labute approximate surface area is 312 Å². The van der Waals surface area contributed by atoms with E-state index >= 15 is 8.78 Å². The summed E-state index contributed by atoms with van der Waals surface area (Å²) in [6, 6.07) is 13.0. The molecule has 1 amide bonds. The number of aromatic nitrogens is 4. The van der Waals surface area contributed by atoms with Crippen molar-refractivity contribution in [2.45, 2.75) is 57.9 Å². The maximum atomic E-state index is 15.7. The number of primary amides is 1. The second-order valence-corrected chi connectivity index (χ2v) is 15.3. The second-order valence-electron chi connectivity index (χ2n) is 13.8. The lowest BCUT2D eigenvalue weighted by Gasteiger charge is -2.22.